The summed E-state index contributed by atoms with van der Waals surface area (Å²) in [6.07, 6.45) is -3.15. The number of nitrogens with one attached hydrogen (secondary N) is 2. The molecule has 9 heteroatoms. The molecular weight excluding hydrogens is 317 g/mol. The molecule has 1 aromatic heterocycles. The molecular formula is C14H19F3N2O4. The predicted molar refractivity (Wildman–Crippen MR) is 75.4 cm³/mol. The number of H-pyrrole nitrogens is 1. The van der Waals surface area contributed by atoms with Gasteiger partial charge in [0.1, 0.15) is 5.69 Å². The molecule has 23 heavy (non-hydrogen) atoms. The Morgan fingerprint density at radius 2 is 2.30 bits per heavy atom. The number of hydrogen-bond acceptors (Lipinski definition) is 5. The van der Waals surface area contributed by atoms with Gasteiger partial charge in [-0.1, -0.05) is 0 Å². The third-order valence-corrected chi connectivity index (χ3v) is 3.52. The van der Waals surface area contributed by atoms with Crippen molar-refractivity contribution in [2.75, 3.05) is 38.3 Å². The number of carbonyl (C=O) groups is 1. The Morgan fingerprint density at radius 3 is 2.91 bits per heavy atom. The van der Waals surface area contributed by atoms with Gasteiger partial charge in [-0.05, 0) is 13.0 Å². The average Bonchev–Trinajstić information content (AvgIpc) is 3.13. The van der Waals surface area contributed by atoms with E-state index in [1.165, 1.54) is 6.20 Å². The van der Waals surface area contributed by atoms with Gasteiger partial charge in [-0.2, -0.15) is 13.2 Å². The smallest absolute Gasteiger partial charge is 0.419 e. The van der Waals surface area contributed by atoms with Crippen molar-refractivity contribution < 1.29 is 32.2 Å². The molecule has 1 atom stereocenters. The van der Waals surface area contributed by atoms with E-state index >= 15 is 0 Å². The molecule has 0 radical (unpaired) electrons. The van der Waals surface area contributed by atoms with Crippen LogP contribution < -0.4 is 5.32 Å². The quantitative estimate of drug-likeness (QED) is 0.591. The van der Waals surface area contributed by atoms with E-state index in [9.17, 15) is 18.0 Å². The minimum atomic E-state index is -4.48. The average molecular weight is 336 g/mol. The van der Waals surface area contributed by atoms with E-state index in [4.69, 9.17) is 14.2 Å². The highest BCUT2D eigenvalue weighted by Gasteiger charge is 2.58. The second-order valence-corrected chi connectivity index (χ2v) is 5.06. The maximum Gasteiger partial charge on any atom is 0.419 e. The summed E-state index contributed by atoms with van der Waals surface area (Å²) in [6, 6.07) is 1.60. The van der Waals surface area contributed by atoms with Crippen LogP contribution in [0.25, 0.3) is 0 Å². The van der Waals surface area contributed by atoms with Gasteiger partial charge in [0.15, 0.2) is 5.60 Å². The lowest BCUT2D eigenvalue weighted by Crippen LogP contribution is -2.49. The number of carbonyl (C=O) groups excluding carboxylic acids is 1. The van der Waals surface area contributed by atoms with Crippen molar-refractivity contribution in [3.8, 4) is 0 Å². The molecule has 0 spiro atoms. The lowest BCUT2D eigenvalue weighted by molar-refractivity contribution is -0.274. The first-order valence-electron chi connectivity index (χ1n) is 7.26. The topological polar surface area (TPSA) is 72.6 Å². The standard InChI is InChI=1S/C14H19F3N2O4/c1-2-22-12(20)11-10(3-5-19-11)18-6-8-23-13(14(15,16)17)4-7-21-9-13/h3,5,18-19H,2,4,6-9H2,1H3. The van der Waals surface area contributed by atoms with Crippen LogP contribution in [-0.2, 0) is 14.2 Å². The summed E-state index contributed by atoms with van der Waals surface area (Å²) in [5.74, 6) is -0.531. The van der Waals surface area contributed by atoms with Gasteiger partial charge in [0.05, 0.1) is 25.5 Å². The fourth-order valence-corrected chi connectivity index (χ4v) is 2.29. The molecule has 0 bridgehead atoms. The number of aromatic amines is 1. The van der Waals surface area contributed by atoms with E-state index in [0.717, 1.165) is 0 Å². The molecule has 2 N–H and O–H groups in total. The largest absolute Gasteiger partial charge is 0.461 e. The number of aromatic nitrogens is 1. The molecule has 1 aliphatic rings. The minimum absolute atomic E-state index is 0.0256. The number of halogens is 3. The third-order valence-electron chi connectivity index (χ3n) is 3.52. The van der Waals surface area contributed by atoms with Crippen LogP contribution in [0.1, 0.15) is 23.8 Å². The molecule has 0 aromatic carbocycles. The Hall–Kier alpha value is -1.74. The summed E-state index contributed by atoms with van der Waals surface area (Å²) < 4.78 is 54.0. The Labute approximate surface area is 131 Å². The van der Waals surface area contributed by atoms with E-state index in [-0.39, 0.29) is 38.5 Å². The van der Waals surface area contributed by atoms with Crippen LogP contribution in [-0.4, -0.2) is 55.7 Å². The van der Waals surface area contributed by atoms with E-state index in [1.54, 1.807) is 13.0 Å². The second-order valence-electron chi connectivity index (χ2n) is 5.06. The van der Waals surface area contributed by atoms with Crippen LogP contribution in [0, 0.1) is 0 Å². The van der Waals surface area contributed by atoms with Crippen LogP contribution in [0.5, 0.6) is 0 Å². The fraction of sp³-hybridized carbons (Fsp3) is 0.643. The molecule has 0 amide bonds. The van der Waals surface area contributed by atoms with Gasteiger partial charge < -0.3 is 24.5 Å². The Bertz CT molecular complexity index is 524. The number of esters is 1. The Morgan fingerprint density at radius 1 is 1.52 bits per heavy atom. The van der Waals surface area contributed by atoms with Crippen molar-refractivity contribution in [1.29, 1.82) is 0 Å². The molecule has 2 rings (SSSR count). The number of ether oxygens (including phenoxy) is 3. The summed E-state index contributed by atoms with van der Waals surface area (Å²) in [7, 11) is 0. The van der Waals surface area contributed by atoms with Crippen molar-refractivity contribution in [3.05, 3.63) is 18.0 Å². The van der Waals surface area contributed by atoms with E-state index in [0.29, 0.717) is 5.69 Å². The van der Waals surface area contributed by atoms with Gasteiger partial charge in [0, 0.05) is 25.8 Å². The van der Waals surface area contributed by atoms with Crippen LogP contribution in [0.15, 0.2) is 12.3 Å². The fourth-order valence-electron chi connectivity index (χ4n) is 2.29. The van der Waals surface area contributed by atoms with Gasteiger partial charge in [0.2, 0.25) is 0 Å². The summed E-state index contributed by atoms with van der Waals surface area (Å²) >= 11 is 0. The maximum atomic E-state index is 13.1. The molecule has 2 heterocycles. The van der Waals surface area contributed by atoms with Crippen LogP contribution in [0.4, 0.5) is 18.9 Å². The van der Waals surface area contributed by atoms with E-state index < -0.39 is 24.4 Å². The minimum Gasteiger partial charge on any atom is -0.461 e. The summed E-state index contributed by atoms with van der Waals surface area (Å²) in [5.41, 5.74) is -1.56. The van der Waals surface area contributed by atoms with Crippen LogP contribution in [0.3, 0.4) is 0 Å². The first-order chi connectivity index (χ1) is 10.9. The highest BCUT2D eigenvalue weighted by molar-refractivity contribution is 5.93. The Kier molecular flexibility index (Phi) is 5.53. The molecule has 1 saturated heterocycles. The van der Waals surface area contributed by atoms with Crippen molar-refractivity contribution >= 4 is 11.7 Å². The molecule has 1 aliphatic heterocycles. The molecule has 0 aliphatic carbocycles. The summed E-state index contributed by atoms with van der Waals surface area (Å²) in [5, 5.41) is 2.86. The van der Waals surface area contributed by atoms with Gasteiger partial charge in [0.25, 0.3) is 0 Å². The number of rotatable bonds is 7. The van der Waals surface area contributed by atoms with Gasteiger partial charge in [-0.3, -0.25) is 0 Å². The summed E-state index contributed by atoms with van der Waals surface area (Å²) in [4.78, 5) is 14.4. The van der Waals surface area contributed by atoms with Crippen LogP contribution >= 0.6 is 0 Å². The monoisotopic (exact) mass is 336 g/mol. The highest BCUT2D eigenvalue weighted by atomic mass is 19.4. The van der Waals surface area contributed by atoms with Crippen molar-refractivity contribution in [1.82, 2.24) is 4.98 Å². The second kappa shape index (κ2) is 7.22. The third kappa shape index (κ3) is 3.97. The molecule has 6 nitrogen and oxygen atoms in total. The highest BCUT2D eigenvalue weighted by Crippen LogP contribution is 2.39. The maximum absolute atomic E-state index is 13.1. The van der Waals surface area contributed by atoms with Crippen LogP contribution in [0.2, 0.25) is 0 Å². The van der Waals surface area contributed by atoms with Crippen molar-refractivity contribution in [2.24, 2.45) is 0 Å². The zero-order valence-corrected chi connectivity index (χ0v) is 12.7. The molecule has 1 aromatic rings. The van der Waals surface area contributed by atoms with Gasteiger partial charge in [-0.15, -0.1) is 0 Å². The Balaban J connectivity index is 1.86. The van der Waals surface area contributed by atoms with Gasteiger partial charge >= 0.3 is 12.1 Å². The van der Waals surface area contributed by atoms with Crippen molar-refractivity contribution in [3.63, 3.8) is 0 Å². The lowest BCUT2D eigenvalue weighted by Gasteiger charge is -2.30. The lowest BCUT2D eigenvalue weighted by atomic mass is 10.0. The van der Waals surface area contributed by atoms with E-state index in [2.05, 4.69) is 10.3 Å². The number of alkyl halides is 3. The SMILES string of the molecule is CCOC(=O)c1[nH]ccc1NCCOC1(C(F)(F)F)CCOC1. The first kappa shape index (κ1) is 17.6. The van der Waals surface area contributed by atoms with E-state index in [1.807, 2.05) is 0 Å². The molecule has 1 unspecified atom stereocenters. The van der Waals surface area contributed by atoms with Gasteiger partial charge in [-0.25, -0.2) is 4.79 Å². The zero-order valence-electron chi connectivity index (χ0n) is 12.7. The normalized spacial score (nSPS) is 21.4. The number of hydrogen-bond donors (Lipinski definition) is 2. The molecule has 0 saturated carbocycles. The zero-order chi connectivity index (χ0) is 16.9. The number of anilines is 1. The van der Waals surface area contributed by atoms with Crippen molar-refractivity contribution in [2.45, 2.75) is 25.1 Å². The molecule has 1 fully saturated rings. The molecule has 130 valence electrons. The first-order valence-corrected chi connectivity index (χ1v) is 7.26. The predicted octanol–water partition coefficient (Wildman–Crippen LogP) is 2.34. The summed E-state index contributed by atoms with van der Waals surface area (Å²) in [6.45, 7) is 1.39.